The second-order valence-corrected chi connectivity index (χ2v) is 7.43. The fourth-order valence-corrected chi connectivity index (χ4v) is 4.47. The van der Waals surface area contributed by atoms with Gasteiger partial charge in [-0.25, -0.2) is 0 Å². The number of hydrogen-bond acceptors (Lipinski definition) is 6. The zero-order valence-electron chi connectivity index (χ0n) is 16.2. The van der Waals surface area contributed by atoms with Crippen LogP contribution in [0.2, 0.25) is 0 Å². The van der Waals surface area contributed by atoms with E-state index < -0.39 is 0 Å². The molecule has 0 N–H and O–H groups in total. The van der Waals surface area contributed by atoms with E-state index in [1.54, 1.807) is 12.1 Å². The van der Waals surface area contributed by atoms with Crippen LogP contribution in [-0.2, 0) is 0 Å². The molecule has 6 aromatic rings. The largest absolute Gasteiger partial charge is 0.454 e. The monoisotopic (exact) mass is 408 g/mol. The summed E-state index contributed by atoms with van der Waals surface area (Å²) >= 11 is 0. The van der Waals surface area contributed by atoms with E-state index in [0.29, 0.717) is 11.2 Å². The molecule has 0 aliphatic heterocycles. The van der Waals surface area contributed by atoms with E-state index in [9.17, 15) is 21.0 Å². The molecule has 0 saturated carbocycles. The first-order valence-electron chi connectivity index (χ1n) is 9.59. The third-order valence-electron chi connectivity index (χ3n) is 5.80. The minimum atomic E-state index is -0.0744. The van der Waals surface area contributed by atoms with E-state index in [2.05, 4.69) is 0 Å². The molecule has 0 aliphatic rings. The molecule has 0 spiro atoms. The number of furan rings is 2. The van der Waals surface area contributed by atoms with Crippen molar-refractivity contribution in [3.05, 3.63) is 59.4 Å². The number of rotatable bonds is 0. The lowest BCUT2D eigenvalue weighted by atomic mass is 9.92. The molecular weight excluding hydrogens is 400 g/mol. The molecule has 32 heavy (non-hydrogen) atoms. The molecule has 0 fully saturated rings. The number of nitrogens with zero attached hydrogens (tertiary/aromatic N) is 4. The summed E-state index contributed by atoms with van der Waals surface area (Å²) in [5, 5.41) is 44.1. The van der Waals surface area contributed by atoms with E-state index in [4.69, 9.17) is 8.83 Å². The maximum atomic E-state index is 9.21. The van der Waals surface area contributed by atoms with Gasteiger partial charge in [-0.3, -0.25) is 0 Å². The highest BCUT2D eigenvalue weighted by molar-refractivity contribution is 6.31. The molecule has 0 atom stereocenters. The fraction of sp³-hybridized carbons (Fsp3) is 0. The smallest absolute Gasteiger partial charge is 0.172 e. The second-order valence-electron chi connectivity index (χ2n) is 7.43. The van der Waals surface area contributed by atoms with Crippen molar-refractivity contribution in [3.8, 4) is 24.3 Å². The summed E-state index contributed by atoms with van der Waals surface area (Å²) in [7, 11) is 0. The molecule has 0 unspecified atom stereocenters. The molecule has 4 aromatic carbocycles. The zero-order chi connectivity index (χ0) is 22.0. The van der Waals surface area contributed by atoms with Gasteiger partial charge in [0.15, 0.2) is 22.0 Å². The molecule has 6 heteroatoms. The summed E-state index contributed by atoms with van der Waals surface area (Å²) in [4.78, 5) is 0. The van der Waals surface area contributed by atoms with Gasteiger partial charge in [0.2, 0.25) is 0 Å². The van der Waals surface area contributed by atoms with Gasteiger partial charge in [0.1, 0.15) is 35.4 Å². The van der Waals surface area contributed by atoms with Crippen molar-refractivity contribution in [1.82, 2.24) is 0 Å². The summed E-state index contributed by atoms with van der Waals surface area (Å²) in [5.74, 6) is 0. The van der Waals surface area contributed by atoms with E-state index in [-0.39, 0.29) is 22.0 Å². The SMILES string of the molecule is N#CC(C#N)=c1cc2cc3ccc4cc5cc(=C(C#N)C#N)oc5c5ccc(c2o1)c3c45. The fourth-order valence-electron chi connectivity index (χ4n) is 4.47. The lowest BCUT2D eigenvalue weighted by Gasteiger charge is -2.11. The third kappa shape index (κ3) is 2.13. The molecule has 0 saturated heterocycles. The Morgan fingerprint density at radius 2 is 0.938 bits per heavy atom. The van der Waals surface area contributed by atoms with E-state index in [1.165, 1.54) is 0 Å². The number of hydrogen-bond donors (Lipinski definition) is 0. The standard InChI is InChI=1S/C26H8N4O2/c27-9-17(10-28)21-7-15-5-13-1-2-14-6-16-8-22(18(11-29)12-30)32-26(16)20-4-3-19(25(15)31-21)23(13)24(14)20/h1-8H. The minimum Gasteiger partial charge on any atom is -0.454 e. The molecule has 0 amide bonds. The van der Waals surface area contributed by atoms with Crippen molar-refractivity contribution in [2.45, 2.75) is 0 Å². The Labute approximate surface area is 179 Å². The molecule has 0 bridgehead atoms. The summed E-state index contributed by atoms with van der Waals surface area (Å²) in [6, 6.07) is 22.8. The first-order valence-corrected chi connectivity index (χ1v) is 9.59. The van der Waals surface area contributed by atoms with Crippen LogP contribution in [0.5, 0.6) is 0 Å². The van der Waals surface area contributed by atoms with Crippen LogP contribution >= 0.6 is 0 Å². The summed E-state index contributed by atoms with van der Waals surface area (Å²) < 4.78 is 11.9. The maximum Gasteiger partial charge on any atom is 0.172 e. The van der Waals surface area contributed by atoms with Gasteiger partial charge >= 0.3 is 0 Å². The van der Waals surface area contributed by atoms with Crippen LogP contribution in [0.3, 0.4) is 0 Å². The van der Waals surface area contributed by atoms with Crippen molar-refractivity contribution in [2.24, 2.45) is 0 Å². The lowest BCUT2D eigenvalue weighted by Crippen LogP contribution is -1.97. The second kappa shape index (κ2) is 6.10. The van der Waals surface area contributed by atoms with E-state index >= 15 is 0 Å². The highest BCUT2D eigenvalue weighted by atomic mass is 16.3. The molecule has 2 heterocycles. The van der Waals surface area contributed by atoms with Gasteiger partial charge in [0.25, 0.3) is 0 Å². The summed E-state index contributed by atoms with van der Waals surface area (Å²) in [6.45, 7) is 0. The molecule has 0 aliphatic carbocycles. The Morgan fingerprint density at radius 1 is 0.531 bits per heavy atom. The van der Waals surface area contributed by atoms with Gasteiger partial charge in [-0.15, -0.1) is 0 Å². The predicted octanol–water partition coefficient (Wildman–Crippen LogP) is 4.47. The molecule has 6 nitrogen and oxygen atoms in total. The lowest BCUT2D eigenvalue weighted by molar-refractivity contribution is 0.580. The molecular formula is C26H8N4O2. The highest BCUT2D eigenvalue weighted by Gasteiger charge is 2.17. The number of fused-ring (bicyclic) bond motifs is 4. The topological polar surface area (TPSA) is 121 Å². The Hall–Kier alpha value is -5.30. The Balaban J connectivity index is 1.84. The van der Waals surface area contributed by atoms with Gasteiger partial charge < -0.3 is 8.83 Å². The highest BCUT2D eigenvalue weighted by Crippen LogP contribution is 2.41. The first kappa shape index (κ1) is 17.5. The molecule has 144 valence electrons. The van der Waals surface area contributed by atoms with Gasteiger partial charge in [-0.2, -0.15) is 21.0 Å². The van der Waals surface area contributed by atoms with Crippen molar-refractivity contribution >= 4 is 65.4 Å². The maximum absolute atomic E-state index is 9.21. The molecule has 2 aromatic heterocycles. The Kier molecular flexibility index (Phi) is 3.35. The first-order chi connectivity index (χ1) is 15.7. The van der Waals surface area contributed by atoms with Crippen LogP contribution in [0.15, 0.2) is 57.4 Å². The molecule has 0 radical (unpaired) electrons. The van der Waals surface area contributed by atoms with Crippen LogP contribution in [0.25, 0.3) is 65.4 Å². The van der Waals surface area contributed by atoms with Crippen LogP contribution < -0.4 is 10.8 Å². The summed E-state index contributed by atoms with van der Waals surface area (Å²) in [6.07, 6.45) is 0. The normalized spacial score (nSPS) is 11.0. The van der Waals surface area contributed by atoms with Crippen LogP contribution in [0.4, 0.5) is 0 Å². The predicted molar refractivity (Wildman–Crippen MR) is 118 cm³/mol. The quantitative estimate of drug-likeness (QED) is 0.342. The third-order valence-corrected chi connectivity index (χ3v) is 5.80. The van der Waals surface area contributed by atoms with Crippen molar-refractivity contribution < 1.29 is 8.83 Å². The Morgan fingerprint density at radius 3 is 1.31 bits per heavy atom. The van der Waals surface area contributed by atoms with Gasteiger partial charge in [-0.05, 0) is 47.2 Å². The Bertz CT molecular complexity index is 1900. The van der Waals surface area contributed by atoms with Crippen molar-refractivity contribution in [2.75, 3.05) is 0 Å². The minimum absolute atomic E-state index is 0.0744. The average molecular weight is 408 g/mol. The zero-order valence-corrected chi connectivity index (χ0v) is 16.2. The number of nitriles is 4. The van der Waals surface area contributed by atoms with E-state index in [0.717, 1.165) is 43.1 Å². The van der Waals surface area contributed by atoms with Gasteiger partial charge in [-0.1, -0.05) is 12.1 Å². The van der Waals surface area contributed by atoms with Crippen molar-refractivity contribution in [3.63, 3.8) is 0 Å². The van der Waals surface area contributed by atoms with Gasteiger partial charge in [0, 0.05) is 32.3 Å². The van der Waals surface area contributed by atoms with Crippen molar-refractivity contribution in [1.29, 1.82) is 21.0 Å². The van der Waals surface area contributed by atoms with Crippen LogP contribution in [0.1, 0.15) is 0 Å². The average Bonchev–Trinajstić information content (AvgIpc) is 3.42. The van der Waals surface area contributed by atoms with Gasteiger partial charge in [0.05, 0.1) is 0 Å². The summed E-state index contributed by atoms with van der Waals surface area (Å²) in [5.41, 5.74) is 1.55. The van der Waals surface area contributed by atoms with Crippen LogP contribution in [-0.4, -0.2) is 0 Å². The van der Waals surface area contributed by atoms with Crippen LogP contribution in [0, 0.1) is 45.3 Å². The number of benzene rings is 4. The molecule has 6 rings (SSSR count). The van der Waals surface area contributed by atoms with E-state index in [1.807, 2.05) is 60.7 Å².